The van der Waals surface area contributed by atoms with Crippen molar-refractivity contribution in [2.45, 2.75) is 26.8 Å². The molecule has 1 aromatic rings. The van der Waals surface area contributed by atoms with E-state index >= 15 is 0 Å². The molecule has 0 aliphatic carbocycles. The highest BCUT2D eigenvalue weighted by Crippen LogP contribution is 2.29. The number of rotatable bonds is 1. The Labute approximate surface area is 95.4 Å². The molecule has 3 unspecified atom stereocenters. The molecule has 5 nitrogen and oxygen atoms in total. The Hall–Kier alpha value is -1.39. The predicted octanol–water partition coefficient (Wildman–Crippen LogP) is 0.932. The summed E-state index contributed by atoms with van der Waals surface area (Å²) in [6.07, 6.45) is 1.67. The maximum atomic E-state index is 12.2. The van der Waals surface area contributed by atoms with Gasteiger partial charge in [-0.25, -0.2) is 0 Å². The first-order valence-electron chi connectivity index (χ1n) is 5.68. The second kappa shape index (κ2) is 3.88. The molecule has 0 bridgehead atoms. The smallest absolute Gasteiger partial charge is 0.276 e. The van der Waals surface area contributed by atoms with Crippen molar-refractivity contribution in [3.8, 4) is 0 Å². The van der Waals surface area contributed by atoms with Crippen molar-refractivity contribution >= 4 is 5.91 Å². The van der Waals surface area contributed by atoms with Crippen molar-refractivity contribution in [1.29, 1.82) is 0 Å². The van der Waals surface area contributed by atoms with E-state index in [4.69, 9.17) is 0 Å². The van der Waals surface area contributed by atoms with Gasteiger partial charge in [-0.05, 0) is 18.8 Å². The third-order valence-corrected chi connectivity index (χ3v) is 3.72. The summed E-state index contributed by atoms with van der Waals surface area (Å²) in [6, 6.07) is 0.282. The van der Waals surface area contributed by atoms with Crippen LogP contribution in [0.1, 0.15) is 31.3 Å². The van der Waals surface area contributed by atoms with Gasteiger partial charge < -0.3 is 4.90 Å². The SMILES string of the molecule is CC1CN(C(=O)c2cn(C)nn2)C(C)C1C. The highest BCUT2D eigenvalue weighted by Gasteiger charge is 2.37. The first kappa shape index (κ1) is 11.1. The van der Waals surface area contributed by atoms with Gasteiger partial charge in [-0.1, -0.05) is 19.1 Å². The average molecular weight is 222 g/mol. The summed E-state index contributed by atoms with van der Waals surface area (Å²) in [4.78, 5) is 14.1. The highest BCUT2D eigenvalue weighted by molar-refractivity contribution is 5.92. The zero-order chi connectivity index (χ0) is 11.9. The number of aromatic nitrogens is 3. The molecule has 1 fully saturated rings. The van der Waals surface area contributed by atoms with Crippen molar-refractivity contribution in [2.75, 3.05) is 6.54 Å². The van der Waals surface area contributed by atoms with Gasteiger partial charge in [0.1, 0.15) is 0 Å². The minimum Gasteiger partial charge on any atom is -0.334 e. The summed E-state index contributed by atoms with van der Waals surface area (Å²) in [6.45, 7) is 7.30. The molecule has 3 atom stereocenters. The van der Waals surface area contributed by atoms with Gasteiger partial charge >= 0.3 is 0 Å². The number of carbonyl (C=O) groups is 1. The fourth-order valence-electron chi connectivity index (χ4n) is 2.26. The van der Waals surface area contributed by atoms with Gasteiger partial charge in [0, 0.05) is 19.6 Å². The lowest BCUT2D eigenvalue weighted by Crippen LogP contribution is -2.35. The van der Waals surface area contributed by atoms with Crippen molar-refractivity contribution in [3.05, 3.63) is 11.9 Å². The summed E-state index contributed by atoms with van der Waals surface area (Å²) in [5, 5.41) is 7.66. The van der Waals surface area contributed by atoms with Gasteiger partial charge in [-0.15, -0.1) is 5.10 Å². The van der Waals surface area contributed by atoms with E-state index in [9.17, 15) is 4.79 Å². The molecular formula is C11H18N4O. The standard InChI is InChI=1S/C11H18N4O/c1-7-5-15(9(3)8(7)2)11(16)10-6-14(4)13-12-10/h6-9H,5H2,1-4H3. The molecule has 1 aromatic heterocycles. The predicted molar refractivity (Wildman–Crippen MR) is 59.8 cm³/mol. The minimum atomic E-state index is -0.00296. The van der Waals surface area contributed by atoms with E-state index < -0.39 is 0 Å². The Morgan fingerprint density at radius 1 is 1.44 bits per heavy atom. The fourth-order valence-corrected chi connectivity index (χ4v) is 2.26. The lowest BCUT2D eigenvalue weighted by atomic mass is 9.95. The van der Waals surface area contributed by atoms with E-state index in [0.717, 1.165) is 6.54 Å². The Kier molecular flexibility index (Phi) is 2.69. The van der Waals surface area contributed by atoms with Gasteiger partial charge in [0.2, 0.25) is 0 Å². The van der Waals surface area contributed by atoms with Crippen LogP contribution >= 0.6 is 0 Å². The van der Waals surface area contributed by atoms with Crippen LogP contribution in [-0.4, -0.2) is 38.4 Å². The molecule has 1 saturated heterocycles. The molecule has 0 radical (unpaired) electrons. The molecule has 2 heterocycles. The van der Waals surface area contributed by atoms with Crippen molar-refractivity contribution in [3.63, 3.8) is 0 Å². The average Bonchev–Trinajstić information content (AvgIpc) is 2.78. The van der Waals surface area contributed by atoms with Crippen LogP contribution in [0.4, 0.5) is 0 Å². The van der Waals surface area contributed by atoms with Crippen LogP contribution in [-0.2, 0) is 7.05 Å². The molecule has 5 heteroatoms. The molecule has 0 saturated carbocycles. The zero-order valence-electron chi connectivity index (χ0n) is 10.2. The molecule has 0 N–H and O–H groups in total. The van der Waals surface area contributed by atoms with Crippen LogP contribution in [0.15, 0.2) is 6.20 Å². The normalized spacial score (nSPS) is 29.8. The largest absolute Gasteiger partial charge is 0.334 e. The number of carbonyl (C=O) groups excluding carboxylic acids is 1. The van der Waals surface area contributed by atoms with Crippen LogP contribution in [0.2, 0.25) is 0 Å². The summed E-state index contributed by atoms with van der Waals surface area (Å²) >= 11 is 0. The Morgan fingerprint density at radius 3 is 2.56 bits per heavy atom. The number of likely N-dealkylation sites (tertiary alicyclic amines) is 1. The zero-order valence-corrected chi connectivity index (χ0v) is 10.2. The van der Waals surface area contributed by atoms with E-state index in [1.54, 1.807) is 17.9 Å². The molecule has 1 amide bonds. The monoisotopic (exact) mass is 222 g/mol. The molecule has 1 aliphatic rings. The second-order valence-corrected chi connectivity index (χ2v) is 4.81. The van der Waals surface area contributed by atoms with Gasteiger partial charge in [0.25, 0.3) is 5.91 Å². The third-order valence-electron chi connectivity index (χ3n) is 3.72. The topological polar surface area (TPSA) is 51.0 Å². The van der Waals surface area contributed by atoms with Gasteiger partial charge in [-0.2, -0.15) is 0 Å². The number of amides is 1. The number of aryl methyl sites for hydroxylation is 1. The molecule has 0 aromatic carbocycles. The van der Waals surface area contributed by atoms with Crippen molar-refractivity contribution in [1.82, 2.24) is 19.9 Å². The summed E-state index contributed by atoms with van der Waals surface area (Å²) in [5.41, 5.74) is 0.440. The lowest BCUT2D eigenvalue weighted by Gasteiger charge is -2.22. The number of nitrogens with zero attached hydrogens (tertiary/aromatic N) is 4. The van der Waals surface area contributed by atoms with Crippen molar-refractivity contribution < 1.29 is 4.79 Å². The number of hydrogen-bond acceptors (Lipinski definition) is 3. The first-order valence-corrected chi connectivity index (χ1v) is 5.68. The van der Waals surface area contributed by atoms with Gasteiger partial charge in [-0.3, -0.25) is 9.48 Å². The van der Waals surface area contributed by atoms with E-state index in [0.29, 0.717) is 17.5 Å². The van der Waals surface area contributed by atoms with Crippen LogP contribution in [0.25, 0.3) is 0 Å². The minimum absolute atomic E-state index is 0.00296. The molecule has 88 valence electrons. The molecular weight excluding hydrogens is 204 g/mol. The van der Waals surface area contributed by atoms with Crippen LogP contribution in [0.5, 0.6) is 0 Å². The molecule has 16 heavy (non-hydrogen) atoms. The highest BCUT2D eigenvalue weighted by atomic mass is 16.2. The summed E-state index contributed by atoms with van der Waals surface area (Å²) in [5.74, 6) is 1.09. The fraction of sp³-hybridized carbons (Fsp3) is 0.727. The Balaban J connectivity index is 2.17. The van der Waals surface area contributed by atoms with E-state index in [1.165, 1.54) is 0 Å². The Morgan fingerprint density at radius 2 is 2.12 bits per heavy atom. The Bertz CT molecular complexity index is 400. The molecule has 1 aliphatic heterocycles. The maximum absolute atomic E-state index is 12.2. The van der Waals surface area contributed by atoms with Crippen LogP contribution in [0.3, 0.4) is 0 Å². The van der Waals surface area contributed by atoms with Crippen molar-refractivity contribution in [2.24, 2.45) is 18.9 Å². The van der Waals surface area contributed by atoms with Crippen LogP contribution in [0, 0.1) is 11.8 Å². The lowest BCUT2D eigenvalue weighted by molar-refractivity contribution is 0.0727. The molecule has 2 rings (SSSR count). The summed E-state index contributed by atoms with van der Waals surface area (Å²) < 4.78 is 1.56. The second-order valence-electron chi connectivity index (χ2n) is 4.81. The van der Waals surface area contributed by atoms with Crippen LogP contribution < -0.4 is 0 Å². The van der Waals surface area contributed by atoms with Gasteiger partial charge in [0.15, 0.2) is 5.69 Å². The third kappa shape index (κ3) is 1.70. The quantitative estimate of drug-likeness (QED) is 0.710. The first-order chi connectivity index (χ1) is 7.50. The maximum Gasteiger partial charge on any atom is 0.276 e. The van der Waals surface area contributed by atoms with Gasteiger partial charge in [0.05, 0.1) is 6.20 Å². The number of hydrogen-bond donors (Lipinski definition) is 0. The van der Waals surface area contributed by atoms with E-state index in [1.807, 2.05) is 4.90 Å². The summed E-state index contributed by atoms with van der Waals surface area (Å²) in [7, 11) is 1.77. The van der Waals surface area contributed by atoms with E-state index in [-0.39, 0.29) is 11.9 Å². The molecule has 0 spiro atoms. The van der Waals surface area contributed by atoms with E-state index in [2.05, 4.69) is 31.1 Å².